The van der Waals surface area contributed by atoms with Crippen LogP contribution in [-0.4, -0.2) is 63.2 Å². The molecule has 3 rings (SSSR count). The maximum absolute atomic E-state index is 12.7. The summed E-state index contributed by atoms with van der Waals surface area (Å²) in [6, 6.07) is 6.07. The quantitative estimate of drug-likeness (QED) is 0.503. The molecule has 1 heterocycles. The lowest BCUT2D eigenvalue weighted by Gasteiger charge is -2.21. The Balaban J connectivity index is 1.54. The Morgan fingerprint density at radius 1 is 1.20 bits per heavy atom. The van der Waals surface area contributed by atoms with Crippen LogP contribution in [0, 0.1) is 5.92 Å². The van der Waals surface area contributed by atoms with Crippen molar-refractivity contribution in [2.24, 2.45) is 10.9 Å². The lowest BCUT2D eigenvalue weighted by Crippen LogP contribution is -2.45. The van der Waals surface area contributed by atoms with Gasteiger partial charge in [0.1, 0.15) is 11.5 Å². The Morgan fingerprint density at radius 2 is 2.00 bits per heavy atom. The fourth-order valence-corrected chi connectivity index (χ4v) is 4.39. The van der Waals surface area contributed by atoms with E-state index >= 15 is 0 Å². The molecule has 0 bridgehead atoms. The average molecular weight is 417 g/mol. The molecule has 1 aliphatic carbocycles. The first-order chi connectivity index (χ1) is 14.6. The van der Waals surface area contributed by atoms with Crippen LogP contribution in [0.15, 0.2) is 23.2 Å². The van der Waals surface area contributed by atoms with E-state index in [0.29, 0.717) is 12.5 Å². The average Bonchev–Trinajstić information content (AvgIpc) is 3.46. The zero-order chi connectivity index (χ0) is 21.3. The van der Waals surface area contributed by atoms with Crippen LogP contribution in [0.25, 0.3) is 0 Å². The van der Waals surface area contributed by atoms with Crippen molar-refractivity contribution < 1.29 is 14.3 Å². The van der Waals surface area contributed by atoms with Gasteiger partial charge < -0.3 is 25.0 Å². The van der Waals surface area contributed by atoms with E-state index in [9.17, 15) is 4.79 Å². The lowest BCUT2D eigenvalue weighted by molar-refractivity contribution is -0.134. The van der Waals surface area contributed by atoms with Gasteiger partial charge in [-0.05, 0) is 56.4 Å². The second kappa shape index (κ2) is 11.1. The Labute approximate surface area is 180 Å². The van der Waals surface area contributed by atoms with Gasteiger partial charge in [0.05, 0.1) is 14.2 Å². The first-order valence-electron chi connectivity index (χ1n) is 11.2. The molecule has 1 aromatic rings. The summed E-state index contributed by atoms with van der Waals surface area (Å²) in [7, 11) is 3.35. The smallest absolute Gasteiger partial charge is 0.225 e. The number of rotatable bonds is 8. The Bertz CT molecular complexity index is 731. The number of likely N-dealkylation sites (tertiary alicyclic amines) is 1. The van der Waals surface area contributed by atoms with Crippen LogP contribution in [0.1, 0.15) is 44.6 Å². The summed E-state index contributed by atoms with van der Waals surface area (Å²) in [6.45, 7) is 5.10. The molecule has 0 radical (unpaired) electrons. The van der Waals surface area contributed by atoms with Crippen molar-refractivity contribution in [3.63, 3.8) is 0 Å². The minimum Gasteiger partial charge on any atom is -0.497 e. The van der Waals surface area contributed by atoms with Crippen molar-refractivity contribution in [3.05, 3.63) is 23.8 Å². The van der Waals surface area contributed by atoms with E-state index < -0.39 is 0 Å². The fraction of sp³-hybridized carbons (Fsp3) is 0.652. The van der Waals surface area contributed by atoms with E-state index in [0.717, 1.165) is 68.3 Å². The predicted molar refractivity (Wildman–Crippen MR) is 119 cm³/mol. The van der Waals surface area contributed by atoms with Crippen LogP contribution in [0.3, 0.4) is 0 Å². The monoisotopic (exact) mass is 416 g/mol. The van der Waals surface area contributed by atoms with E-state index in [1.165, 1.54) is 12.8 Å². The number of guanidine groups is 1. The number of methoxy groups -OCH3 is 2. The van der Waals surface area contributed by atoms with E-state index in [1.807, 2.05) is 23.1 Å². The molecule has 1 saturated heterocycles. The number of hydrogen-bond donors (Lipinski definition) is 2. The molecule has 1 saturated carbocycles. The normalized spacial score (nSPS) is 19.8. The van der Waals surface area contributed by atoms with Gasteiger partial charge in [0.2, 0.25) is 5.91 Å². The largest absolute Gasteiger partial charge is 0.497 e. The second-order valence-electron chi connectivity index (χ2n) is 8.08. The van der Waals surface area contributed by atoms with Gasteiger partial charge in [-0.2, -0.15) is 0 Å². The summed E-state index contributed by atoms with van der Waals surface area (Å²) < 4.78 is 10.8. The number of nitrogens with zero attached hydrogens (tertiary/aromatic N) is 2. The third-order valence-corrected chi connectivity index (χ3v) is 6.03. The van der Waals surface area contributed by atoms with E-state index in [2.05, 4.69) is 17.6 Å². The second-order valence-corrected chi connectivity index (χ2v) is 8.08. The Kier molecular flexibility index (Phi) is 8.22. The summed E-state index contributed by atoms with van der Waals surface area (Å²) >= 11 is 0. The highest BCUT2D eigenvalue weighted by molar-refractivity contribution is 5.81. The van der Waals surface area contributed by atoms with Gasteiger partial charge in [0, 0.05) is 38.1 Å². The van der Waals surface area contributed by atoms with Crippen LogP contribution in [0.5, 0.6) is 11.5 Å². The lowest BCUT2D eigenvalue weighted by atomic mass is 10.1. The van der Waals surface area contributed by atoms with Crippen LogP contribution >= 0.6 is 0 Å². The molecule has 2 N–H and O–H groups in total. The van der Waals surface area contributed by atoms with Crippen molar-refractivity contribution in [1.29, 1.82) is 0 Å². The minimum absolute atomic E-state index is 0.250. The SMILES string of the molecule is CCNC(=NCCc1cc(OC)ccc1OC)NC1CCN(C(=O)C2CCCC2)C1. The maximum Gasteiger partial charge on any atom is 0.225 e. The number of ether oxygens (including phenoxy) is 2. The first-order valence-corrected chi connectivity index (χ1v) is 11.2. The van der Waals surface area contributed by atoms with Crippen molar-refractivity contribution in [2.75, 3.05) is 40.4 Å². The third-order valence-electron chi connectivity index (χ3n) is 6.03. The zero-order valence-electron chi connectivity index (χ0n) is 18.6. The summed E-state index contributed by atoms with van der Waals surface area (Å²) in [5.74, 6) is 3.07. The number of carbonyl (C=O) groups excluding carboxylic acids is 1. The zero-order valence-corrected chi connectivity index (χ0v) is 18.6. The van der Waals surface area contributed by atoms with Gasteiger partial charge in [-0.3, -0.25) is 9.79 Å². The number of amides is 1. The molecule has 1 unspecified atom stereocenters. The Hall–Kier alpha value is -2.44. The number of carbonyl (C=O) groups is 1. The van der Waals surface area contributed by atoms with Gasteiger partial charge in [-0.15, -0.1) is 0 Å². The van der Waals surface area contributed by atoms with E-state index in [1.54, 1.807) is 14.2 Å². The molecule has 0 aromatic heterocycles. The number of hydrogen-bond acceptors (Lipinski definition) is 4. The predicted octanol–water partition coefficient (Wildman–Crippen LogP) is 2.59. The van der Waals surface area contributed by atoms with Crippen LogP contribution in [-0.2, 0) is 11.2 Å². The van der Waals surface area contributed by atoms with Crippen molar-refractivity contribution in [3.8, 4) is 11.5 Å². The van der Waals surface area contributed by atoms with E-state index in [4.69, 9.17) is 14.5 Å². The maximum atomic E-state index is 12.7. The summed E-state index contributed by atoms with van der Waals surface area (Å²) in [4.78, 5) is 19.5. The molecule has 1 aliphatic heterocycles. The molecule has 30 heavy (non-hydrogen) atoms. The van der Waals surface area contributed by atoms with Crippen molar-refractivity contribution in [1.82, 2.24) is 15.5 Å². The molecule has 7 nitrogen and oxygen atoms in total. The van der Waals surface area contributed by atoms with Gasteiger partial charge >= 0.3 is 0 Å². The van der Waals surface area contributed by atoms with Crippen LogP contribution in [0.2, 0.25) is 0 Å². The molecule has 2 fully saturated rings. The van der Waals surface area contributed by atoms with Crippen LogP contribution < -0.4 is 20.1 Å². The minimum atomic E-state index is 0.250. The topological polar surface area (TPSA) is 75.2 Å². The fourth-order valence-electron chi connectivity index (χ4n) is 4.39. The van der Waals surface area contributed by atoms with Gasteiger partial charge in [0.15, 0.2) is 5.96 Å². The standard InChI is InChI=1S/C23H36N4O3/c1-4-24-23(25-13-11-18-15-20(29-2)9-10-21(18)30-3)26-19-12-14-27(16-19)22(28)17-7-5-6-8-17/h9-10,15,17,19H,4-8,11-14,16H2,1-3H3,(H2,24,25,26). The van der Waals surface area contributed by atoms with Gasteiger partial charge in [-0.25, -0.2) is 0 Å². The van der Waals surface area contributed by atoms with Crippen molar-refractivity contribution in [2.45, 2.75) is 51.5 Å². The molecule has 1 aromatic carbocycles. The molecular formula is C23H36N4O3. The molecule has 7 heteroatoms. The summed E-state index contributed by atoms with van der Waals surface area (Å²) in [5.41, 5.74) is 1.07. The molecular weight excluding hydrogens is 380 g/mol. The first kappa shape index (κ1) is 22.2. The molecule has 1 amide bonds. The van der Waals surface area contributed by atoms with Gasteiger partial charge in [0.25, 0.3) is 0 Å². The summed E-state index contributed by atoms with van der Waals surface area (Å²) in [5, 5.41) is 6.84. The van der Waals surface area contributed by atoms with E-state index in [-0.39, 0.29) is 12.0 Å². The highest BCUT2D eigenvalue weighted by atomic mass is 16.5. The third kappa shape index (κ3) is 5.80. The van der Waals surface area contributed by atoms with Crippen LogP contribution in [0.4, 0.5) is 0 Å². The molecule has 0 spiro atoms. The summed E-state index contributed by atoms with van der Waals surface area (Å²) in [6.07, 6.45) is 6.24. The number of aliphatic imine (C=N–C) groups is 1. The number of benzene rings is 1. The molecule has 166 valence electrons. The highest BCUT2D eigenvalue weighted by Crippen LogP contribution is 2.28. The highest BCUT2D eigenvalue weighted by Gasteiger charge is 2.32. The molecule has 2 aliphatic rings. The molecule has 1 atom stereocenters. The van der Waals surface area contributed by atoms with Crippen molar-refractivity contribution >= 4 is 11.9 Å². The number of nitrogens with one attached hydrogen (secondary N) is 2. The Morgan fingerprint density at radius 3 is 2.70 bits per heavy atom. The van der Waals surface area contributed by atoms with Gasteiger partial charge in [-0.1, -0.05) is 12.8 Å².